The lowest BCUT2D eigenvalue weighted by Gasteiger charge is -2.04. The number of nitrogens with zero attached hydrogens (tertiary/aromatic N) is 2. The minimum Gasteiger partial charge on any atom is -0.354 e. The maximum atomic E-state index is 9.15. The number of rotatable bonds is 2. The van der Waals surface area contributed by atoms with E-state index in [0.29, 0.717) is 0 Å². The van der Waals surface area contributed by atoms with Crippen LogP contribution in [0.1, 0.15) is 5.56 Å². The van der Waals surface area contributed by atoms with Gasteiger partial charge < -0.3 is 4.98 Å². The lowest BCUT2D eigenvalue weighted by atomic mass is 10.0. The molecule has 0 radical (unpaired) electrons. The second-order valence-electron chi connectivity index (χ2n) is 5.80. The summed E-state index contributed by atoms with van der Waals surface area (Å²) in [6, 6.07) is 26.3. The van der Waals surface area contributed by atoms with E-state index in [1.54, 1.807) is 6.08 Å². The molecule has 0 amide bonds. The molecular formula is C22H13N3. The van der Waals surface area contributed by atoms with Gasteiger partial charge in [0.1, 0.15) is 17.7 Å². The van der Waals surface area contributed by atoms with E-state index in [1.807, 2.05) is 48.5 Å². The molecule has 0 atom stereocenters. The maximum Gasteiger partial charge on any atom is 0.130 e. The highest BCUT2D eigenvalue weighted by atomic mass is 14.7. The number of hydrogen-bond donors (Lipinski definition) is 1. The van der Waals surface area contributed by atoms with E-state index in [4.69, 9.17) is 10.5 Å². The summed E-state index contributed by atoms with van der Waals surface area (Å²) < 4.78 is 0. The highest BCUT2D eigenvalue weighted by molar-refractivity contribution is 5.99. The van der Waals surface area contributed by atoms with Gasteiger partial charge in [0.15, 0.2) is 0 Å². The molecule has 0 aliphatic carbocycles. The van der Waals surface area contributed by atoms with Gasteiger partial charge in [-0.1, -0.05) is 54.6 Å². The molecule has 4 aromatic rings. The third-order valence-electron chi connectivity index (χ3n) is 4.31. The van der Waals surface area contributed by atoms with Crippen LogP contribution < -0.4 is 0 Å². The quantitative estimate of drug-likeness (QED) is 0.501. The molecule has 0 unspecified atom stereocenters. The predicted molar refractivity (Wildman–Crippen MR) is 100 cm³/mol. The second kappa shape index (κ2) is 6.00. The van der Waals surface area contributed by atoms with Crippen LogP contribution >= 0.6 is 0 Å². The van der Waals surface area contributed by atoms with Gasteiger partial charge in [-0.2, -0.15) is 10.5 Å². The van der Waals surface area contributed by atoms with E-state index in [-0.39, 0.29) is 5.57 Å². The number of nitrogens with one attached hydrogen (secondary N) is 1. The molecule has 25 heavy (non-hydrogen) atoms. The number of H-pyrrole nitrogens is 1. The van der Waals surface area contributed by atoms with Gasteiger partial charge in [0.05, 0.1) is 5.69 Å². The first-order valence-corrected chi connectivity index (χ1v) is 7.92. The summed E-state index contributed by atoms with van der Waals surface area (Å²) >= 11 is 0. The van der Waals surface area contributed by atoms with Crippen molar-refractivity contribution >= 4 is 27.8 Å². The summed E-state index contributed by atoms with van der Waals surface area (Å²) in [6.07, 6.45) is 1.66. The van der Waals surface area contributed by atoms with Crippen molar-refractivity contribution in [3.63, 3.8) is 0 Å². The Labute approximate surface area is 145 Å². The highest BCUT2D eigenvalue weighted by Crippen LogP contribution is 2.33. The average Bonchev–Trinajstić information content (AvgIpc) is 3.04. The maximum absolute atomic E-state index is 9.15. The van der Waals surface area contributed by atoms with E-state index in [9.17, 15) is 0 Å². The second-order valence-corrected chi connectivity index (χ2v) is 5.80. The van der Waals surface area contributed by atoms with Crippen molar-refractivity contribution in [2.24, 2.45) is 0 Å². The Morgan fingerprint density at radius 1 is 0.840 bits per heavy atom. The molecule has 3 heteroatoms. The third-order valence-corrected chi connectivity index (χ3v) is 4.31. The number of aromatic amines is 1. The fraction of sp³-hybridized carbons (Fsp3) is 0. The Hall–Kier alpha value is -3.82. The number of allylic oxidation sites excluding steroid dienone is 1. The number of nitriles is 2. The van der Waals surface area contributed by atoms with E-state index in [0.717, 1.165) is 33.1 Å². The first kappa shape index (κ1) is 14.8. The summed E-state index contributed by atoms with van der Waals surface area (Å²) in [5, 5.41) is 21.6. The Kier molecular flexibility index (Phi) is 3.54. The van der Waals surface area contributed by atoms with E-state index in [1.165, 1.54) is 5.39 Å². The Morgan fingerprint density at radius 3 is 2.36 bits per heavy atom. The molecule has 0 fully saturated rings. The molecule has 1 heterocycles. The van der Waals surface area contributed by atoms with Crippen molar-refractivity contribution in [3.8, 4) is 23.4 Å². The Balaban J connectivity index is 2.02. The van der Waals surface area contributed by atoms with Crippen molar-refractivity contribution in [1.29, 1.82) is 10.5 Å². The molecule has 0 saturated heterocycles. The van der Waals surface area contributed by atoms with Crippen molar-refractivity contribution in [2.45, 2.75) is 0 Å². The summed E-state index contributed by atoms with van der Waals surface area (Å²) in [6.45, 7) is 0. The van der Waals surface area contributed by atoms with Crippen molar-refractivity contribution in [3.05, 3.63) is 77.9 Å². The molecule has 4 rings (SSSR count). The van der Waals surface area contributed by atoms with Crippen LogP contribution in [-0.2, 0) is 0 Å². The normalized spacial score (nSPS) is 10.3. The number of hydrogen-bond acceptors (Lipinski definition) is 2. The Bertz CT molecular complexity index is 1200. The lowest BCUT2D eigenvalue weighted by molar-refractivity contribution is 1.45. The fourth-order valence-corrected chi connectivity index (χ4v) is 3.12. The van der Waals surface area contributed by atoms with Gasteiger partial charge in [0.2, 0.25) is 0 Å². The van der Waals surface area contributed by atoms with Gasteiger partial charge in [0.25, 0.3) is 0 Å². The zero-order valence-electron chi connectivity index (χ0n) is 13.3. The largest absolute Gasteiger partial charge is 0.354 e. The molecule has 0 aliphatic heterocycles. The van der Waals surface area contributed by atoms with Crippen molar-refractivity contribution < 1.29 is 0 Å². The molecule has 3 nitrogen and oxygen atoms in total. The smallest absolute Gasteiger partial charge is 0.130 e. The fourth-order valence-electron chi connectivity index (χ4n) is 3.12. The van der Waals surface area contributed by atoms with Gasteiger partial charge in [-0.25, -0.2) is 0 Å². The van der Waals surface area contributed by atoms with Gasteiger partial charge in [-0.3, -0.25) is 0 Å². The van der Waals surface area contributed by atoms with Gasteiger partial charge >= 0.3 is 0 Å². The van der Waals surface area contributed by atoms with Crippen LogP contribution in [0.25, 0.3) is 39.0 Å². The number of aromatic nitrogens is 1. The third kappa shape index (κ3) is 2.55. The van der Waals surface area contributed by atoms with Gasteiger partial charge in [-0.15, -0.1) is 0 Å². The topological polar surface area (TPSA) is 63.4 Å². The van der Waals surface area contributed by atoms with Crippen LogP contribution in [0.2, 0.25) is 0 Å². The highest BCUT2D eigenvalue weighted by Gasteiger charge is 2.12. The number of fused-ring (bicyclic) bond motifs is 2. The number of para-hydroxylation sites is 1. The van der Waals surface area contributed by atoms with Gasteiger partial charge in [-0.05, 0) is 34.5 Å². The first-order valence-electron chi connectivity index (χ1n) is 7.92. The molecule has 1 aromatic heterocycles. The van der Waals surface area contributed by atoms with E-state index in [2.05, 4.69) is 35.3 Å². The Morgan fingerprint density at radius 2 is 1.56 bits per heavy atom. The number of benzene rings is 3. The first-order chi connectivity index (χ1) is 12.3. The summed E-state index contributed by atoms with van der Waals surface area (Å²) in [4.78, 5) is 3.44. The lowest BCUT2D eigenvalue weighted by Crippen LogP contribution is -1.83. The van der Waals surface area contributed by atoms with Crippen molar-refractivity contribution in [2.75, 3.05) is 0 Å². The molecular weight excluding hydrogens is 306 g/mol. The van der Waals surface area contributed by atoms with Gasteiger partial charge in [0, 0.05) is 16.5 Å². The molecule has 1 N–H and O–H groups in total. The molecule has 116 valence electrons. The monoisotopic (exact) mass is 319 g/mol. The molecule has 0 spiro atoms. The average molecular weight is 319 g/mol. The zero-order chi connectivity index (χ0) is 17.2. The SMILES string of the molecule is N#CC(C#N)=Cc1c(-c2ccc3ccccc3c2)[nH]c2ccccc12. The van der Waals surface area contributed by atoms with E-state index >= 15 is 0 Å². The van der Waals surface area contributed by atoms with Crippen LogP contribution in [0.5, 0.6) is 0 Å². The molecule has 3 aromatic carbocycles. The molecule has 0 saturated carbocycles. The summed E-state index contributed by atoms with van der Waals surface area (Å²) in [7, 11) is 0. The van der Waals surface area contributed by atoms with Crippen LogP contribution in [0.15, 0.2) is 72.3 Å². The standard InChI is InChI=1S/C22H13N3/c23-13-15(14-24)11-20-19-7-3-4-8-21(19)25-22(20)18-10-9-16-5-1-2-6-17(16)12-18/h1-12,25H. The summed E-state index contributed by atoms with van der Waals surface area (Å²) in [5.74, 6) is 0. The van der Waals surface area contributed by atoms with Crippen LogP contribution in [0.3, 0.4) is 0 Å². The minimum atomic E-state index is 0.0896. The van der Waals surface area contributed by atoms with Crippen LogP contribution in [-0.4, -0.2) is 4.98 Å². The van der Waals surface area contributed by atoms with E-state index < -0.39 is 0 Å². The summed E-state index contributed by atoms with van der Waals surface area (Å²) in [5.41, 5.74) is 3.87. The predicted octanol–water partition coefficient (Wildman–Crippen LogP) is 5.42. The zero-order valence-corrected chi connectivity index (χ0v) is 13.3. The molecule has 0 bridgehead atoms. The molecule has 0 aliphatic rings. The van der Waals surface area contributed by atoms with Crippen LogP contribution in [0.4, 0.5) is 0 Å². The van der Waals surface area contributed by atoms with Crippen molar-refractivity contribution in [1.82, 2.24) is 4.98 Å². The van der Waals surface area contributed by atoms with Crippen LogP contribution in [0, 0.1) is 22.7 Å². The minimum absolute atomic E-state index is 0.0896.